The van der Waals surface area contributed by atoms with E-state index in [2.05, 4.69) is 10.1 Å². The van der Waals surface area contributed by atoms with Crippen LogP contribution in [-0.4, -0.2) is 33.3 Å². The predicted molar refractivity (Wildman–Crippen MR) is 84.1 cm³/mol. The van der Waals surface area contributed by atoms with Crippen LogP contribution in [0.15, 0.2) is 23.6 Å². The molecule has 23 heavy (non-hydrogen) atoms. The molecule has 7 heteroatoms. The van der Waals surface area contributed by atoms with Gasteiger partial charge in [-0.2, -0.15) is 0 Å². The van der Waals surface area contributed by atoms with E-state index in [4.69, 9.17) is 11.4 Å². The average Bonchev–Trinajstić information content (AvgIpc) is 2.51. The lowest BCUT2D eigenvalue weighted by atomic mass is 9.68. The largest absolute Gasteiger partial charge is 0.478 e. The number of aliphatic carboxylic acids is 1. The molecule has 3 N–H and O–H groups in total. The first-order valence-corrected chi connectivity index (χ1v) is 7.39. The zero-order valence-corrected chi connectivity index (χ0v) is 13.4. The molecule has 1 aliphatic carbocycles. The van der Waals surface area contributed by atoms with Crippen molar-refractivity contribution in [2.75, 3.05) is 0 Å². The number of amides is 1. The highest BCUT2D eigenvalue weighted by molar-refractivity contribution is 5.92. The zero-order valence-electron chi connectivity index (χ0n) is 14.4. The number of primary amides is 1. The number of carbonyl (C=O) groups excluding carboxylic acids is 1. The molecule has 1 amide bonds. The maximum atomic E-state index is 11.5. The minimum absolute atomic E-state index is 0.116. The molecule has 1 fully saturated rings. The fourth-order valence-electron chi connectivity index (χ4n) is 2.48. The number of nitrogens with zero attached hydrogens (tertiary/aromatic N) is 2. The Morgan fingerprint density at radius 2 is 2.22 bits per heavy atom. The van der Waals surface area contributed by atoms with E-state index in [9.17, 15) is 9.59 Å². The monoisotopic (exact) mass is 320 g/mol. The van der Waals surface area contributed by atoms with Crippen molar-refractivity contribution in [2.45, 2.75) is 45.1 Å². The zero-order chi connectivity index (χ0) is 17.9. The van der Waals surface area contributed by atoms with Gasteiger partial charge in [0.1, 0.15) is 0 Å². The van der Waals surface area contributed by atoms with Crippen LogP contribution in [0, 0.1) is 5.92 Å². The van der Waals surface area contributed by atoms with Crippen LogP contribution >= 0.6 is 0 Å². The normalized spacial score (nSPS) is 21.9. The smallest absolute Gasteiger partial charge is 0.350 e. The second-order valence-electron chi connectivity index (χ2n) is 6.27. The van der Waals surface area contributed by atoms with E-state index in [1.165, 1.54) is 20.0 Å². The molecular formula is C16H21N3O4. The predicted octanol–water partition coefficient (Wildman–Crippen LogP) is 1.93. The maximum absolute atomic E-state index is 11.5. The second kappa shape index (κ2) is 6.36. The molecule has 0 spiro atoms. The van der Waals surface area contributed by atoms with Crippen LogP contribution in [0.3, 0.4) is 0 Å². The molecule has 2 rings (SSSR count). The highest BCUT2D eigenvalue weighted by atomic mass is 16.7. The lowest BCUT2D eigenvalue weighted by Gasteiger charge is -2.36. The van der Waals surface area contributed by atoms with Crippen LogP contribution in [0.4, 0.5) is 0 Å². The van der Waals surface area contributed by atoms with Crippen LogP contribution in [-0.2, 0) is 9.63 Å². The fraction of sp³-hybridized carbons (Fsp3) is 0.500. The van der Waals surface area contributed by atoms with Gasteiger partial charge in [0.05, 0.1) is 11.3 Å². The molecule has 0 radical (unpaired) electrons. The molecule has 0 aromatic carbocycles. The summed E-state index contributed by atoms with van der Waals surface area (Å²) in [6.07, 6.45) is 4.95. The summed E-state index contributed by atoms with van der Waals surface area (Å²) in [6, 6.07) is 1.73. The molecule has 1 saturated carbocycles. The number of carboxylic acids is 1. The number of nitrogens with two attached hydrogens (primary N) is 1. The van der Waals surface area contributed by atoms with Gasteiger partial charge in [-0.1, -0.05) is 5.16 Å². The molecule has 1 aliphatic rings. The van der Waals surface area contributed by atoms with Crippen LogP contribution in [0.5, 0.6) is 0 Å². The second-order valence-corrected chi connectivity index (χ2v) is 6.27. The molecule has 2 unspecified atom stereocenters. The molecule has 2 atom stereocenters. The quantitative estimate of drug-likeness (QED) is 0.614. The van der Waals surface area contributed by atoms with Crippen molar-refractivity contribution in [1.82, 2.24) is 4.98 Å². The Morgan fingerprint density at radius 3 is 2.78 bits per heavy atom. The highest BCUT2D eigenvalue weighted by Crippen LogP contribution is 2.43. The summed E-state index contributed by atoms with van der Waals surface area (Å²) < 4.78 is 6.93. The number of pyridine rings is 1. The fourth-order valence-corrected chi connectivity index (χ4v) is 2.48. The van der Waals surface area contributed by atoms with Gasteiger partial charge in [0.2, 0.25) is 11.5 Å². The third-order valence-corrected chi connectivity index (χ3v) is 4.19. The number of aromatic nitrogens is 1. The summed E-state index contributed by atoms with van der Waals surface area (Å²) in [6.45, 7) is 4.69. The van der Waals surface area contributed by atoms with E-state index in [1.54, 1.807) is 12.3 Å². The van der Waals surface area contributed by atoms with Crippen molar-refractivity contribution < 1.29 is 20.9 Å². The van der Waals surface area contributed by atoms with Gasteiger partial charge < -0.3 is 15.7 Å². The summed E-state index contributed by atoms with van der Waals surface area (Å²) in [5, 5.41) is 13.0. The number of hydrogen-bond donors (Lipinski definition) is 2. The van der Waals surface area contributed by atoms with E-state index < -0.39 is 17.5 Å². The number of carboxylic acid groups (broad SMARTS) is 1. The van der Waals surface area contributed by atoms with E-state index in [-0.39, 0.29) is 11.8 Å². The number of rotatable bonds is 6. The van der Waals surface area contributed by atoms with Gasteiger partial charge in [-0.25, -0.2) is 4.79 Å². The van der Waals surface area contributed by atoms with E-state index in [1.807, 2.05) is 12.7 Å². The molecule has 1 aromatic heterocycles. The lowest BCUT2D eigenvalue weighted by Crippen LogP contribution is -2.35. The standard InChI is InChI=1S/C16H21N3O4/c1-9(19-23-16(2,3)15(21)22)12-4-5-13(12)10-6-11(14(17)20)8-18-7-10/h6-8,12-13H,4-5H2,1-3H3,(H2,17,20)(H,21,22)/b19-9+/i/hD. The molecule has 0 bridgehead atoms. The molecule has 1 heterocycles. The average molecular weight is 320 g/mol. The Balaban J connectivity index is 2.12. The topological polar surface area (TPSA) is 115 Å². The maximum Gasteiger partial charge on any atom is 0.350 e. The van der Waals surface area contributed by atoms with Crippen molar-refractivity contribution >= 4 is 17.6 Å². The number of oxime groups is 1. The minimum Gasteiger partial charge on any atom is -0.478 e. The Labute approximate surface area is 136 Å². The Hall–Kier alpha value is -2.44. The molecule has 124 valence electrons. The van der Waals surface area contributed by atoms with Gasteiger partial charge in [0, 0.05) is 18.3 Å². The molecule has 1 aromatic rings. The van der Waals surface area contributed by atoms with Gasteiger partial charge in [0.25, 0.3) is 0 Å². The van der Waals surface area contributed by atoms with E-state index in [0.717, 1.165) is 24.1 Å². The van der Waals surface area contributed by atoms with Crippen molar-refractivity contribution in [2.24, 2.45) is 16.8 Å². The Kier molecular flexibility index (Phi) is 4.27. The van der Waals surface area contributed by atoms with Crippen LogP contribution in [0.2, 0.25) is 1.41 Å². The molecule has 0 saturated heterocycles. The first-order valence-electron chi connectivity index (χ1n) is 7.89. The third-order valence-electron chi connectivity index (χ3n) is 4.19. The van der Waals surface area contributed by atoms with Gasteiger partial charge in [-0.3, -0.25) is 9.78 Å². The number of carbonyl (C=O) groups is 2. The van der Waals surface area contributed by atoms with Gasteiger partial charge in [0.15, 0.2) is 1.41 Å². The van der Waals surface area contributed by atoms with E-state index >= 15 is 0 Å². The van der Waals surface area contributed by atoms with Crippen molar-refractivity contribution in [3.8, 4) is 0 Å². The van der Waals surface area contributed by atoms with E-state index in [0.29, 0.717) is 5.56 Å². The van der Waals surface area contributed by atoms with Crippen LogP contribution in [0.25, 0.3) is 0 Å². The summed E-state index contributed by atoms with van der Waals surface area (Å²) >= 11 is 0. The van der Waals surface area contributed by atoms with Crippen molar-refractivity contribution in [3.63, 3.8) is 0 Å². The van der Waals surface area contributed by atoms with Crippen LogP contribution < -0.4 is 5.73 Å². The summed E-state index contributed by atoms with van der Waals surface area (Å²) in [5.41, 5.74) is 2.42. The van der Waals surface area contributed by atoms with Gasteiger partial charge in [-0.15, -0.1) is 0 Å². The highest BCUT2D eigenvalue weighted by Gasteiger charge is 2.36. The lowest BCUT2D eigenvalue weighted by molar-refractivity contribution is -0.161. The van der Waals surface area contributed by atoms with Gasteiger partial charge in [-0.05, 0) is 51.2 Å². The third kappa shape index (κ3) is 3.67. The SMILES string of the molecule is [2H]NC(=O)c1cncc(C2CCC2/C(C)=N/OC(C)(C)C(=O)O)c1. The first-order chi connectivity index (χ1) is 11.3. The summed E-state index contributed by atoms with van der Waals surface area (Å²) in [4.78, 5) is 31.8. The minimum atomic E-state index is -1.38. The summed E-state index contributed by atoms with van der Waals surface area (Å²) in [5.74, 6) is -1.32. The number of hydrogen-bond acceptors (Lipinski definition) is 5. The van der Waals surface area contributed by atoms with Crippen molar-refractivity contribution in [1.29, 1.82) is 0 Å². The summed E-state index contributed by atoms with van der Waals surface area (Å²) in [7, 11) is 0. The Morgan fingerprint density at radius 1 is 1.48 bits per heavy atom. The van der Waals surface area contributed by atoms with Crippen LogP contribution in [0.1, 0.15) is 55.5 Å². The molecule has 0 aliphatic heterocycles. The molecular weight excluding hydrogens is 298 g/mol. The van der Waals surface area contributed by atoms with Crippen molar-refractivity contribution in [3.05, 3.63) is 29.6 Å². The Bertz CT molecular complexity index is 675. The first kappa shape index (κ1) is 15.5. The molecule has 7 nitrogen and oxygen atoms in total. The van der Waals surface area contributed by atoms with Gasteiger partial charge >= 0.3 is 5.97 Å².